The number of hydrogen-bond acceptors (Lipinski definition) is 1. The maximum Gasteiger partial charge on any atom is 0.416 e. The van der Waals surface area contributed by atoms with E-state index in [4.69, 9.17) is 4.99 Å². The van der Waals surface area contributed by atoms with Crippen molar-refractivity contribution in [3.8, 4) is 0 Å². The first-order chi connectivity index (χ1) is 11.4. The summed E-state index contributed by atoms with van der Waals surface area (Å²) in [6.07, 6.45) is -0.152. The van der Waals surface area contributed by atoms with Crippen LogP contribution in [0.3, 0.4) is 0 Å². The first-order valence-corrected chi connectivity index (χ1v) is 8.66. The minimum Gasteiger partial charge on any atom is -0.357 e. The van der Waals surface area contributed by atoms with Crippen LogP contribution in [0.5, 0.6) is 0 Å². The van der Waals surface area contributed by atoms with Crippen molar-refractivity contribution in [2.75, 3.05) is 26.2 Å². The second-order valence-corrected chi connectivity index (χ2v) is 6.72. The third-order valence-corrected chi connectivity index (χ3v) is 4.93. The predicted molar refractivity (Wildman–Crippen MR) is 105 cm³/mol. The molecule has 0 amide bonds. The van der Waals surface area contributed by atoms with E-state index in [1.54, 1.807) is 6.07 Å². The van der Waals surface area contributed by atoms with Gasteiger partial charge in [0.25, 0.3) is 0 Å². The first-order valence-electron chi connectivity index (χ1n) is 8.66. The molecule has 1 heterocycles. The Morgan fingerprint density at radius 2 is 1.92 bits per heavy atom. The van der Waals surface area contributed by atoms with E-state index in [0.717, 1.165) is 50.1 Å². The maximum atomic E-state index is 13.0. The minimum absolute atomic E-state index is 0. The molecule has 0 bridgehead atoms. The summed E-state index contributed by atoms with van der Waals surface area (Å²) >= 11 is 0. The minimum atomic E-state index is -4.29. The molecule has 3 rings (SSSR count). The monoisotopic (exact) mass is 467 g/mol. The van der Waals surface area contributed by atoms with Crippen molar-refractivity contribution in [3.05, 3.63) is 35.4 Å². The average molecular weight is 467 g/mol. The van der Waals surface area contributed by atoms with Crippen molar-refractivity contribution in [1.82, 2.24) is 10.2 Å². The standard InChI is InChI=1S/C18H24F3N3.HI/c1-2-22-16(24-10-3-4-11-24)23-13-17(8-9-17)14-6-5-7-15(12-14)18(19,20)21;/h5-7,12H,2-4,8-11,13H2,1H3,(H,22,23);1H. The lowest BCUT2D eigenvalue weighted by Crippen LogP contribution is -2.40. The van der Waals surface area contributed by atoms with E-state index in [1.165, 1.54) is 25.0 Å². The van der Waals surface area contributed by atoms with E-state index in [1.807, 2.05) is 6.92 Å². The molecule has 1 aromatic carbocycles. The van der Waals surface area contributed by atoms with Crippen LogP contribution in [0.15, 0.2) is 29.3 Å². The second-order valence-electron chi connectivity index (χ2n) is 6.72. The van der Waals surface area contributed by atoms with Crippen molar-refractivity contribution >= 4 is 29.9 Å². The van der Waals surface area contributed by atoms with Gasteiger partial charge >= 0.3 is 6.18 Å². The van der Waals surface area contributed by atoms with Gasteiger partial charge in [-0.1, -0.05) is 18.2 Å². The van der Waals surface area contributed by atoms with Crippen LogP contribution in [-0.2, 0) is 11.6 Å². The Balaban J connectivity index is 0.00000225. The van der Waals surface area contributed by atoms with Gasteiger partial charge in [0.05, 0.1) is 12.1 Å². The van der Waals surface area contributed by atoms with E-state index in [9.17, 15) is 13.2 Å². The fourth-order valence-electron chi connectivity index (χ4n) is 3.30. The van der Waals surface area contributed by atoms with Gasteiger partial charge in [0, 0.05) is 25.0 Å². The van der Waals surface area contributed by atoms with E-state index in [0.29, 0.717) is 6.54 Å². The van der Waals surface area contributed by atoms with E-state index < -0.39 is 11.7 Å². The number of likely N-dealkylation sites (tertiary alicyclic amines) is 1. The van der Waals surface area contributed by atoms with Crippen molar-refractivity contribution in [1.29, 1.82) is 0 Å². The molecule has 1 N–H and O–H groups in total. The largest absolute Gasteiger partial charge is 0.416 e. The number of guanidine groups is 1. The van der Waals surface area contributed by atoms with Crippen LogP contribution in [-0.4, -0.2) is 37.0 Å². The topological polar surface area (TPSA) is 27.6 Å². The molecule has 0 atom stereocenters. The van der Waals surface area contributed by atoms with Crippen LogP contribution in [0.1, 0.15) is 43.7 Å². The third-order valence-electron chi connectivity index (χ3n) is 4.93. The van der Waals surface area contributed by atoms with Crippen LogP contribution in [0, 0.1) is 0 Å². The molecule has 1 aromatic rings. The first kappa shape index (κ1) is 20.3. The molecule has 7 heteroatoms. The van der Waals surface area contributed by atoms with Gasteiger partial charge in [-0.15, -0.1) is 24.0 Å². The van der Waals surface area contributed by atoms with Gasteiger partial charge in [-0.2, -0.15) is 13.2 Å². The zero-order valence-corrected chi connectivity index (χ0v) is 16.7. The quantitative estimate of drug-likeness (QED) is 0.404. The number of hydrogen-bond donors (Lipinski definition) is 1. The normalized spacial score (nSPS) is 19.5. The molecule has 0 radical (unpaired) electrons. The molecular weight excluding hydrogens is 442 g/mol. The van der Waals surface area contributed by atoms with E-state index in [-0.39, 0.29) is 29.4 Å². The van der Waals surface area contributed by atoms with Crippen LogP contribution in [0.25, 0.3) is 0 Å². The molecule has 0 spiro atoms. The number of benzene rings is 1. The zero-order valence-electron chi connectivity index (χ0n) is 14.4. The Hall–Kier alpha value is -0.990. The number of nitrogens with one attached hydrogen (secondary N) is 1. The van der Waals surface area contributed by atoms with Gasteiger partial charge in [-0.3, -0.25) is 4.99 Å². The van der Waals surface area contributed by atoms with Crippen molar-refractivity contribution in [2.24, 2.45) is 4.99 Å². The Morgan fingerprint density at radius 3 is 2.48 bits per heavy atom. The van der Waals surface area contributed by atoms with Gasteiger partial charge < -0.3 is 10.2 Å². The Labute approximate surface area is 164 Å². The highest BCUT2D eigenvalue weighted by Gasteiger charge is 2.45. The summed E-state index contributed by atoms with van der Waals surface area (Å²) in [7, 11) is 0. The molecule has 1 saturated carbocycles. The van der Waals surface area contributed by atoms with Gasteiger partial charge in [-0.25, -0.2) is 0 Å². The predicted octanol–water partition coefficient (Wildman–Crippen LogP) is 4.42. The Bertz CT molecular complexity index is 606. The van der Waals surface area contributed by atoms with Crippen molar-refractivity contribution in [2.45, 2.75) is 44.2 Å². The molecule has 2 aliphatic rings. The van der Waals surface area contributed by atoms with Crippen LogP contribution >= 0.6 is 24.0 Å². The molecular formula is C18H25F3IN3. The number of halogens is 4. The van der Waals surface area contributed by atoms with Crippen LogP contribution in [0.4, 0.5) is 13.2 Å². The molecule has 1 saturated heterocycles. The summed E-state index contributed by atoms with van der Waals surface area (Å²) in [6.45, 7) is 5.38. The summed E-state index contributed by atoms with van der Waals surface area (Å²) in [5.41, 5.74) is -0.0261. The summed E-state index contributed by atoms with van der Waals surface area (Å²) in [5, 5.41) is 3.31. The smallest absolute Gasteiger partial charge is 0.357 e. The highest BCUT2D eigenvalue weighted by molar-refractivity contribution is 14.0. The fraction of sp³-hybridized carbons (Fsp3) is 0.611. The van der Waals surface area contributed by atoms with Crippen molar-refractivity contribution in [3.63, 3.8) is 0 Å². The Morgan fingerprint density at radius 1 is 1.24 bits per heavy atom. The molecule has 1 aliphatic heterocycles. The van der Waals surface area contributed by atoms with Gasteiger partial charge in [0.1, 0.15) is 0 Å². The van der Waals surface area contributed by atoms with Gasteiger partial charge in [0.15, 0.2) is 5.96 Å². The number of nitrogens with zero attached hydrogens (tertiary/aromatic N) is 2. The summed E-state index contributed by atoms with van der Waals surface area (Å²) in [6, 6.07) is 5.75. The highest BCUT2D eigenvalue weighted by atomic mass is 127. The average Bonchev–Trinajstić information content (AvgIpc) is 3.15. The molecule has 2 fully saturated rings. The molecule has 25 heavy (non-hydrogen) atoms. The van der Waals surface area contributed by atoms with E-state index in [2.05, 4.69) is 10.2 Å². The Kier molecular flexibility index (Phi) is 6.62. The maximum absolute atomic E-state index is 13.0. The van der Waals surface area contributed by atoms with Crippen LogP contribution in [0.2, 0.25) is 0 Å². The second kappa shape index (κ2) is 8.14. The SMILES string of the molecule is CCNC(=NCC1(c2cccc(C(F)(F)F)c2)CC1)N1CCCC1.I. The lowest BCUT2D eigenvalue weighted by molar-refractivity contribution is -0.137. The molecule has 0 aromatic heterocycles. The van der Waals surface area contributed by atoms with Gasteiger partial charge in [0.2, 0.25) is 0 Å². The zero-order chi connectivity index (χ0) is 17.2. The third kappa shape index (κ3) is 4.80. The molecule has 140 valence electrons. The number of rotatable bonds is 4. The molecule has 3 nitrogen and oxygen atoms in total. The lowest BCUT2D eigenvalue weighted by atomic mass is 9.94. The van der Waals surface area contributed by atoms with E-state index >= 15 is 0 Å². The highest BCUT2D eigenvalue weighted by Crippen LogP contribution is 2.49. The van der Waals surface area contributed by atoms with Crippen LogP contribution < -0.4 is 5.32 Å². The summed E-state index contributed by atoms with van der Waals surface area (Å²) in [5.74, 6) is 0.897. The lowest BCUT2D eigenvalue weighted by Gasteiger charge is -2.22. The number of aliphatic imine (C=N–C) groups is 1. The summed E-state index contributed by atoms with van der Waals surface area (Å²) < 4.78 is 38.9. The fourth-order valence-corrected chi connectivity index (χ4v) is 3.30. The van der Waals surface area contributed by atoms with Crippen molar-refractivity contribution < 1.29 is 13.2 Å². The summed E-state index contributed by atoms with van der Waals surface area (Å²) in [4.78, 5) is 6.99. The number of alkyl halides is 3. The molecule has 1 aliphatic carbocycles. The van der Waals surface area contributed by atoms with Gasteiger partial charge in [-0.05, 0) is 44.2 Å². The molecule has 0 unspecified atom stereocenters.